The number of phenolic OH excluding ortho intramolecular Hbond substituents is 1. The van der Waals surface area contributed by atoms with E-state index < -0.39 is 25.1 Å². The Hall–Kier alpha value is -3.78. The van der Waals surface area contributed by atoms with Gasteiger partial charge < -0.3 is 19.5 Å². The van der Waals surface area contributed by atoms with E-state index in [2.05, 4.69) is 0 Å². The Bertz CT molecular complexity index is 1530. The predicted molar refractivity (Wildman–Crippen MR) is 158 cm³/mol. The molecular formula is C34H33BO6. The van der Waals surface area contributed by atoms with Gasteiger partial charge in [0.25, 0.3) is 0 Å². The van der Waals surface area contributed by atoms with E-state index in [1.165, 1.54) is 0 Å². The molecule has 3 aromatic rings. The minimum absolute atomic E-state index is 0.00708. The SMILES string of the molecule is COCC1=C2[C@@H](CC/C(=C/c3ccccc3O)c3ccccc3)OB(O)C[C@@H]2[C@@H]2C(=O)c3ccccc3C(=O)[C@@H]2C1. The molecule has 41 heavy (non-hydrogen) atoms. The van der Waals surface area contributed by atoms with E-state index in [-0.39, 0.29) is 29.6 Å². The van der Waals surface area contributed by atoms with E-state index in [1.54, 1.807) is 43.5 Å². The first-order valence-corrected chi connectivity index (χ1v) is 14.2. The third-order valence-corrected chi connectivity index (χ3v) is 8.77. The van der Waals surface area contributed by atoms with E-state index >= 15 is 0 Å². The van der Waals surface area contributed by atoms with Crippen LogP contribution in [0.4, 0.5) is 0 Å². The first kappa shape index (κ1) is 27.4. The van der Waals surface area contributed by atoms with Crippen LogP contribution in [0.25, 0.3) is 11.6 Å². The number of allylic oxidation sites excluding steroid dienone is 1. The molecule has 2 N–H and O–H groups in total. The summed E-state index contributed by atoms with van der Waals surface area (Å²) in [5.74, 6) is -1.13. The zero-order valence-electron chi connectivity index (χ0n) is 23.0. The van der Waals surface area contributed by atoms with Gasteiger partial charge in [0, 0.05) is 35.6 Å². The number of hydrogen-bond donors (Lipinski definition) is 2. The summed E-state index contributed by atoms with van der Waals surface area (Å²) < 4.78 is 11.8. The lowest BCUT2D eigenvalue weighted by molar-refractivity contribution is 0.0585. The fourth-order valence-electron chi connectivity index (χ4n) is 7.01. The molecule has 0 unspecified atom stereocenters. The maximum absolute atomic E-state index is 13.9. The monoisotopic (exact) mass is 548 g/mol. The number of aromatic hydroxyl groups is 1. The standard InChI is InChI=1S/C34H33BO6/c1-40-20-24-18-27-32(34(38)26-13-7-6-12-25(26)33(27)37)28-19-35(39)41-30(31(24)28)16-15-22(21-9-3-2-4-10-21)17-23-11-5-8-14-29(23)36/h2-14,17,27-28,30,32,36,39H,15-16,18-20H2,1H3/b22-17-/t27-,28+,30-,32-/m1/s1. The molecule has 208 valence electrons. The molecule has 1 aliphatic heterocycles. The van der Waals surface area contributed by atoms with Crippen molar-refractivity contribution in [2.45, 2.75) is 31.7 Å². The predicted octanol–water partition coefficient (Wildman–Crippen LogP) is 5.87. The number of Topliss-reactive ketones (excluding diaryl/α,β-unsaturated/α-hetero) is 2. The van der Waals surface area contributed by atoms with Gasteiger partial charge in [-0.3, -0.25) is 9.59 Å². The zero-order chi connectivity index (χ0) is 28.5. The average Bonchev–Trinajstić information content (AvgIpc) is 2.99. The summed E-state index contributed by atoms with van der Waals surface area (Å²) in [6.07, 6.45) is 3.42. The molecule has 0 radical (unpaired) electrons. The average molecular weight is 548 g/mol. The highest BCUT2D eigenvalue weighted by Gasteiger charge is 2.53. The zero-order valence-corrected chi connectivity index (χ0v) is 23.0. The molecule has 0 saturated carbocycles. The molecule has 2 aliphatic carbocycles. The highest BCUT2D eigenvalue weighted by molar-refractivity contribution is 6.43. The number of ketones is 2. The summed E-state index contributed by atoms with van der Waals surface area (Å²) in [6, 6.07) is 24.3. The van der Waals surface area contributed by atoms with Crippen LogP contribution in [0.2, 0.25) is 6.32 Å². The lowest BCUT2D eigenvalue weighted by Gasteiger charge is -2.47. The Balaban J connectivity index is 1.36. The molecular weight excluding hydrogens is 515 g/mol. The first-order chi connectivity index (χ1) is 20.0. The number of carbonyl (C=O) groups is 2. The van der Waals surface area contributed by atoms with Crippen LogP contribution in [0, 0.1) is 17.8 Å². The smallest absolute Gasteiger partial charge is 0.455 e. The third-order valence-electron chi connectivity index (χ3n) is 8.77. The Labute approximate surface area is 240 Å². The number of fused-ring (bicyclic) bond motifs is 4. The van der Waals surface area contributed by atoms with Crippen LogP contribution >= 0.6 is 0 Å². The van der Waals surface area contributed by atoms with Crippen LogP contribution in [-0.2, 0) is 9.39 Å². The first-order valence-electron chi connectivity index (χ1n) is 14.2. The summed E-state index contributed by atoms with van der Waals surface area (Å²) >= 11 is 0. The molecule has 3 aromatic carbocycles. The van der Waals surface area contributed by atoms with Crippen LogP contribution in [-0.4, -0.2) is 48.6 Å². The minimum atomic E-state index is -1.04. The van der Waals surface area contributed by atoms with Crippen molar-refractivity contribution in [2.75, 3.05) is 13.7 Å². The molecule has 6 rings (SSSR count). The van der Waals surface area contributed by atoms with E-state index in [4.69, 9.17) is 9.39 Å². The highest BCUT2D eigenvalue weighted by atomic mass is 16.5. The fourth-order valence-corrected chi connectivity index (χ4v) is 7.01. The topological polar surface area (TPSA) is 93.1 Å². The van der Waals surface area contributed by atoms with Crippen molar-refractivity contribution in [1.82, 2.24) is 0 Å². The maximum Gasteiger partial charge on any atom is 0.455 e. The van der Waals surface area contributed by atoms with Crippen LogP contribution in [0.3, 0.4) is 0 Å². The van der Waals surface area contributed by atoms with Gasteiger partial charge in [-0.15, -0.1) is 0 Å². The van der Waals surface area contributed by atoms with Crippen molar-refractivity contribution in [2.24, 2.45) is 17.8 Å². The molecule has 4 atom stereocenters. The van der Waals surface area contributed by atoms with Crippen molar-refractivity contribution in [3.05, 3.63) is 112 Å². The number of hydrogen-bond acceptors (Lipinski definition) is 6. The second-order valence-corrected chi connectivity index (χ2v) is 11.2. The molecule has 0 aromatic heterocycles. The molecule has 1 saturated heterocycles. The number of phenols is 1. The quantitative estimate of drug-likeness (QED) is 0.218. The van der Waals surface area contributed by atoms with Gasteiger partial charge in [0.15, 0.2) is 11.6 Å². The normalized spacial score (nSPS) is 24.1. The third kappa shape index (κ3) is 5.21. The molecule has 1 fully saturated rings. The lowest BCUT2D eigenvalue weighted by atomic mass is 9.54. The number of para-hydroxylation sites is 1. The Morgan fingerprint density at radius 1 is 0.951 bits per heavy atom. The van der Waals surface area contributed by atoms with Crippen LogP contribution in [0.1, 0.15) is 51.1 Å². The van der Waals surface area contributed by atoms with E-state index in [9.17, 15) is 19.7 Å². The summed E-state index contributed by atoms with van der Waals surface area (Å²) in [5.41, 5.74) is 5.72. The van der Waals surface area contributed by atoms with Gasteiger partial charge in [0.05, 0.1) is 12.7 Å². The number of methoxy groups -OCH3 is 1. The maximum atomic E-state index is 13.9. The molecule has 6 nitrogen and oxygen atoms in total. The van der Waals surface area contributed by atoms with Gasteiger partial charge in [-0.05, 0) is 65.9 Å². The largest absolute Gasteiger partial charge is 0.507 e. The summed E-state index contributed by atoms with van der Waals surface area (Å²) in [4.78, 5) is 27.5. The van der Waals surface area contributed by atoms with Gasteiger partial charge >= 0.3 is 7.12 Å². The molecule has 0 bridgehead atoms. The van der Waals surface area contributed by atoms with E-state index in [1.807, 2.05) is 48.5 Å². The second-order valence-electron chi connectivity index (χ2n) is 11.2. The van der Waals surface area contributed by atoms with Crippen molar-refractivity contribution in [3.63, 3.8) is 0 Å². The Kier molecular flexibility index (Phi) is 7.76. The minimum Gasteiger partial charge on any atom is -0.507 e. The molecule has 0 spiro atoms. The Morgan fingerprint density at radius 3 is 2.37 bits per heavy atom. The van der Waals surface area contributed by atoms with Crippen LogP contribution in [0.5, 0.6) is 5.75 Å². The van der Waals surface area contributed by atoms with Crippen molar-refractivity contribution < 1.29 is 29.1 Å². The highest BCUT2D eigenvalue weighted by Crippen LogP contribution is 2.51. The van der Waals surface area contributed by atoms with Gasteiger partial charge in [0.2, 0.25) is 0 Å². The van der Waals surface area contributed by atoms with Gasteiger partial charge in [-0.25, -0.2) is 0 Å². The number of carbonyl (C=O) groups excluding carboxylic acids is 2. The van der Waals surface area contributed by atoms with E-state index in [0.717, 1.165) is 27.8 Å². The molecule has 0 amide bonds. The van der Waals surface area contributed by atoms with Crippen molar-refractivity contribution >= 4 is 30.3 Å². The Morgan fingerprint density at radius 2 is 1.63 bits per heavy atom. The number of benzene rings is 3. The van der Waals surface area contributed by atoms with Crippen molar-refractivity contribution in [1.29, 1.82) is 0 Å². The van der Waals surface area contributed by atoms with Gasteiger partial charge in [-0.1, -0.05) is 72.8 Å². The van der Waals surface area contributed by atoms with Crippen LogP contribution in [0.15, 0.2) is 90.0 Å². The summed E-state index contributed by atoms with van der Waals surface area (Å²) in [6.45, 7) is 0.341. The number of rotatable bonds is 7. The van der Waals surface area contributed by atoms with Gasteiger partial charge in [-0.2, -0.15) is 0 Å². The lowest BCUT2D eigenvalue weighted by Crippen LogP contribution is -2.51. The summed E-state index contributed by atoms with van der Waals surface area (Å²) in [7, 11) is 0.590. The molecule has 3 aliphatic rings. The molecule has 7 heteroatoms. The van der Waals surface area contributed by atoms with Crippen LogP contribution < -0.4 is 0 Å². The summed E-state index contributed by atoms with van der Waals surface area (Å²) in [5, 5.41) is 21.4. The molecule has 1 heterocycles. The fraction of sp³-hybridized carbons (Fsp3) is 0.294. The second kappa shape index (κ2) is 11.6. The van der Waals surface area contributed by atoms with Gasteiger partial charge in [0.1, 0.15) is 5.75 Å². The van der Waals surface area contributed by atoms with E-state index in [0.29, 0.717) is 37.0 Å². The van der Waals surface area contributed by atoms with Crippen molar-refractivity contribution in [3.8, 4) is 5.75 Å². The number of ether oxygens (including phenoxy) is 1.